The number of piperidine rings is 1. The summed E-state index contributed by atoms with van der Waals surface area (Å²) in [6.45, 7) is 8.85. The van der Waals surface area contributed by atoms with Gasteiger partial charge in [0.25, 0.3) is 0 Å². The molecule has 0 aromatic heterocycles. The van der Waals surface area contributed by atoms with Gasteiger partial charge in [0.05, 0.1) is 5.41 Å². The van der Waals surface area contributed by atoms with Crippen LogP contribution >= 0.6 is 0 Å². The van der Waals surface area contributed by atoms with Crippen molar-refractivity contribution >= 4 is 5.97 Å². The minimum atomic E-state index is -0.564. The lowest BCUT2D eigenvalue weighted by atomic mass is 9.74. The van der Waals surface area contributed by atoms with E-state index in [0.29, 0.717) is 11.5 Å². The van der Waals surface area contributed by atoms with Gasteiger partial charge in [0.15, 0.2) is 0 Å². The van der Waals surface area contributed by atoms with Gasteiger partial charge in [0.2, 0.25) is 0 Å². The van der Waals surface area contributed by atoms with Crippen LogP contribution in [0.2, 0.25) is 0 Å². The SMILES string of the molecule is CCCC1(C(=O)O)CCN(C2CCCC(C)(C)CC2)CC1. The van der Waals surface area contributed by atoms with Gasteiger partial charge in [-0.05, 0) is 63.5 Å². The maximum absolute atomic E-state index is 11.7. The van der Waals surface area contributed by atoms with Gasteiger partial charge in [-0.25, -0.2) is 0 Å². The number of carboxylic acids is 1. The third-order valence-electron chi connectivity index (χ3n) is 6.00. The molecule has 1 heterocycles. The second-order valence-electron chi connectivity index (χ2n) is 8.12. The molecule has 1 N–H and O–H groups in total. The van der Waals surface area contributed by atoms with Crippen LogP contribution in [0.15, 0.2) is 0 Å². The monoisotopic (exact) mass is 295 g/mol. The second kappa shape index (κ2) is 6.68. The van der Waals surface area contributed by atoms with E-state index in [0.717, 1.165) is 38.8 Å². The predicted octanol–water partition coefficient (Wildman–Crippen LogP) is 4.31. The van der Waals surface area contributed by atoms with Crippen LogP contribution in [0, 0.1) is 10.8 Å². The van der Waals surface area contributed by atoms with E-state index in [1.54, 1.807) is 0 Å². The molecule has 1 saturated carbocycles. The number of rotatable bonds is 4. The third kappa shape index (κ3) is 4.00. The zero-order valence-corrected chi connectivity index (χ0v) is 14.2. The minimum Gasteiger partial charge on any atom is -0.481 e. The highest BCUT2D eigenvalue weighted by Crippen LogP contribution is 2.40. The number of carboxylic acid groups (broad SMARTS) is 1. The Kier molecular flexibility index (Phi) is 5.34. The van der Waals surface area contributed by atoms with E-state index in [4.69, 9.17) is 0 Å². The van der Waals surface area contributed by atoms with Gasteiger partial charge >= 0.3 is 5.97 Å². The molecule has 3 heteroatoms. The van der Waals surface area contributed by atoms with Crippen LogP contribution in [0.1, 0.15) is 78.6 Å². The van der Waals surface area contributed by atoms with Crippen LogP contribution in [0.3, 0.4) is 0 Å². The van der Waals surface area contributed by atoms with Gasteiger partial charge in [0, 0.05) is 6.04 Å². The van der Waals surface area contributed by atoms with Crippen molar-refractivity contribution in [1.82, 2.24) is 4.90 Å². The molecule has 2 rings (SSSR count). The molecule has 2 fully saturated rings. The van der Waals surface area contributed by atoms with E-state index < -0.39 is 11.4 Å². The molecule has 0 aromatic rings. The molecule has 122 valence electrons. The predicted molar refractivity (Wildman–Crippen MR) is 86.4 cm³/mol. The van der Waals surface area contributed by atoms with E-state index in [9.17, 15) is 9.90 Å². The van der Waals surface area contributed by atoms with Crippen LogP contribution < -0.4 is 0 Å². The Balaban J connectivity index is 1.92. The van der Waals surface area contributed by atoms with Crippen molar-refractivity contribution in [3.05, 3.63) is 0 Å². The second-order valence-corrected chi connectivity index (χ2v) is 8.12. The molecule has 21 heavy (non-hydrogen) atoms. The van der Waals surface area contributed by atoms with Crippen LogP contribution in [0.5, 0.6) is 0 Å². The molecule has 2 aliphatic rings. The Morgan fingerprint density at radius 3 is 2.38 bits per heavy atom. The minimum absolute atomic E-state index is 0.435. The molecule has 3 nitrogen and oxygen atoms in total. The zero-order chi connectivity index (χ0) is 15.5. The normalized spacial score (nSPS) is 29.8. The van der Waals surface area contributed by atoms with E-state index >= 15 is 0 Å². The van der Waals surface area contributed by atoms with E-state index in [1.807, 2.05) is 0 Å². The van der Waals surface area contributed by atoms with Crippen molar-refractivity contribution in [2.45, 2.75) is 84.6 Å². The Bertz CT molecular complexity index is 356. The van der Waals surface area contributed by atoms with Gasteiger partial charge in [0.1, 0.15) is 0 Å². The summed E-state index contributed by atoms with van der Waals surface area (Å²) in [5.74, 6) is -0.564. The number of likely N-dealkylation sites (tertiary alicyclic amines) is 1. The quantitative estimate of drug-likeness (QED) is 0.786. The number of aliphatic carboxylic acids is 1. The Labute approximate surface area is 130 Å². The molecule has 1 atom stereocenters. The number of carbonyl (C=O) groups is 1. The average Bonchev–Trinajstić information content (AvgIpc) is 2.61. The molecule has 1 aliphatic heterocycles. The summed E-state index contributed by atoms with van der Waals surface area (Å²) in [7, 11) is 0. The van der Waals surface area contributed by atoms with Crippen molar-refractivity contribution in [2.75, 3.05) is 13.1 Å². The molecule has 1 saturated heterocycles. The van der Waals surface area contributed by atoms with Crippen molar-refractivity contribution < 1.29 is 9.90 Å². The van der Waals surface area contributed by atoms with Crippen LogP contribution in [-0.4, -0.2) is 35.1 Å². The van der Waals surface area contributed by atoms with E-state index in [2.05, 4.69) is 25.7 Å². The molecule has 0 bridgehead atoms. The number of hydrogen-bond donors (Lipinski definition) is 1. The largest absolute Gasteiger partial charge is 0.481 e. The maximum Gasteiger partial charge on any atom is 0.309 e. The first-order valence-electron chi connectivity index (χ1n) is 8.86. The Morgan fingerprint density at radius 2 is 1.81 bits per heavy atom. The number of hydrogen-bond acceptors (Lipinski definition) is 2. The Hall–Kier alpha value is -0.570. The first-order chi connectivity index (χ1) is 9.88. The van der Waals surface area contributed by atoms with Gasteiger partial charge in [-0.2, -0.15) is 0 Å². The molecular weight excluding hydrogens is 262 g/mol. The standard InChI is InChI=1S/C18H33NO2/c1-4-8-18(16(20)21)11-13-19(14-12-18)15-6-5-9-17(2,3)10-7-15/h15H,4-14H2,1-3H3,(H,20,21). The summed E-state index contributed by atoms with van der Waals surface area (Å²) in [4.78, 5) is 14.3. The van der Waals surface area contributed by atoms with Crippen molar-refractivity contribution in [2.24, 2.45) is 10.8 Å². The van der Waals surface area contributed by atoms with Crippen LogP contribution in [0.25, 0.3) is 0 Å². The fourth-order valence-electron chi connectivity index (χ4n) is 4.37. The smallest absolute Gasteiger partial charge is 0.309 e. The lowest BCUT2D eigenvalue weighted by Crippen LogP contribution is -2.48. The first-order valence-corrected chi connectivity index (χ1v) is 8.86. The Morgan fingerprint density at radius 1 is 1.14 bits per heavy atom. The highest BCUT2D eigenvalue weighted by Gasteiger charge is 2.42. The summed E-state index contributed by atoms with van der Waals surface area (Å²) in [5.41, 5.74) is 0.0623. The summed E-state index contributed by atoms with van der Waals surface area (Å²) < 4.78 is 0. The van der Waals surface area contributed by atoms with Crippen LogP contribution in [-0.2, 0) is 4.79 Å². The molecular formula is C18H33NO2. The fourth-order valence-corrected chi connectivity index (χ4v) is 4.37. The van der Waals surface area contributed by atoms with E-state index in [-0.39, 0.29) is 0 Å². The fraction of sp³-hybridized carbons (Fsp3) is 0.944. The highest BCUT2D eigenvalue weighted by molar-refractivity contribution is 5.74. The van der Waals surface area contributed by atoms with Gasteiger partial charge in [-0.1, -0.05) is 33.6 Å². The zero-order valence-electron chi connectivity index (χ0n) is 14.2. The number of nitrogens with zero attached hydrogens (tertiary/aromatic N) is 1. The average molecular weight is 295 g/mol. The molecule has 0 amide bonds. The van der Waals surface area contributed by atoms with Gasteiger partial charge < -0.3 is 10.0 Å². The summed E-state index contributed by atoms with van der Waals surface area (Å²) in [5, 5.41) is 9.61. The van der Waals surface area contributed by atoms with Gasteiger partial charge in [-0.15, -0.1) is 0 Å². The van der Waals surface area contributed by atoms with Crippen molar-refractivity contribution in [3.63, 3.8) is 0 Å². The maximum atomic E-state index is 11.7. The molecule has 0 radical (unpaired) electrons. The van der Waals surface area contributed by atoms with Crippen molar-refractivity contribution in [1.29, 1.82) is 0 Å². The molecule has 0 spiro atoms. The highest BCUT2D eigenvalue weighted by atomic mass is 16.4. The summed E-state index contributed by atoms with van der Waals surface area (Å²) in [6, 6.07) is 0.695. The van der Waals surface area contributed by atoms with E-state index in [1.165, 1.54) is 32.1 Å². The summed E-state index contributed by atoms with van der Waals surface area (Å²) >= 11 is 0. The first kappa shape index (κ1) is 16.8. The molecule has 1 aliphatic carbocycles. The van der Waals surface area contributed by atoms with Crippen LogP contribution in [0.4, 0.5) is 0 Å². The van der Waals surface area contributed by atoms with Crippen molar-refractivity contribution in [3.8, 4) is 0 Å². The van der Waals surface area contributed by atoms with Gasteiger partial charge in [-0.3, -0.25) is 4.79 Å². The summed E-state index contributed by atoms with van der Waals surface area (Å²) in [6.07, 6.45) is 10.1. The lowest BCUT2D eigenvalue weighted by Gasteiger charge is -2.42. The molecule has 1 unspecified atom stereocenters. The lowest BCUT2D eigenvalue weighted by molar-refractivity contribution is -0.153. The topological polar surface area (TPSA) is 40.5 Å². The molecule has 0 aromatic carbocycles. The third-order valence-corrected chi connectivity index (χ3v) is 6.00.